The molecule has 0 N–H and O–H groups in total. The monoisotopic (exact) mass is 414 g/mol. The van der Waals surface area contributed by atoms with Crippen molar-refractivity contribution >= 4 is 11.5 Å². The first kappa shape index (κ1) is 18.4. The molecule has 2 aliphatic rings. The van der Waals surface area contributed by atoms with Gasteiger partial charge in [-0.05, 0) is 43.9 Å². The number of fused-ring (bicyclic) bond motifs is 1. The molecule has 9 heteroatoms. The first-order valence-corrected chi connectivity index (χ1v) is 10.4. The Hall–Kier alpha value is -2.65. The summed E-state index contributed by atoms with van der Waals surface area (Å²) in [5, 5.41) is 8.45. The maximum absolute atomic E-state index is 5.59. The number of hydrogen-bond donors (Lipinski definition) is 0. The van der Waals surface area contributed by atoms with Crippen LogP contribution in [0, 0.1) is 6.92 Å². The van der Waals surface area contributed by atoms with Crippen LogP contribution in [0.4, 0.5) is 0 Å². The predicted octanol–water partition coefficient (Wildman–Crippen LogP) is 3.62. The minimum absolute atomic E-state index is 0.258. The Morgan fingerprint density at radius 1 is 1.24 bits per heavy atom. The van der Waals surface area contributed by atoms with Crippen LogP contribution in [0.5, 0.6) is 17.2 Å². The van der Waals surface area contributed by atoms with Gasteiger partial charge in [0.2, 0.25) is 6.79 Å². The second-order valence-corrected chi connectivity index (χ2v) is 8.17. The lowest BCUT2D eigenvalue weighted by Crippen LogP contribution is -2.34. The number of hydrogen-bond acceptors (Lipinski definition) is 9. The van der Waals surface area contributed by atoms with Crippen molar-refractivity contribution in [3.63, 3.8) is 0 Å². The van der Waals surface area contributed by atoms with Gasteiger partial charge in [-0.1, -0.05) is 9.64 Å². The molecule has 8 nitrogen and oxygen atoms in total. The average Bonchev–Trinajstić information content (AvgIpc) is 3.47. The molecule has 0 aliphatic carbocycles. The Labute approximate surface area is 172 Å². The Morgan fingerprint density at radius 3 is 2.90 bits per heavy atom. The Bertz CT molecular complexity index is 1020. The van der Waals surface area contributed by atoms with E-state index in [0.29, 0.717) is 5.92 Å². The molecule has 1 fully saturated rings. The molecule has 2 aliphatic heterocycles. The molecule has 0 spiro atoms. The Balaban J connectivity index is 1.36. The van der Waals surface area contributed by atoms with E-state index in [2.05, 4.69) is 19.6 Å². The van der Waals surface area contributed by atoms with Gasteiger partial charge >= 0.3 is 0 Å². The third kappa shape index (κ3) is 3.56. The molecule has 0 unspecified atom stereocenters. The molecule has 3 aromatic rings. The van der Waals surface area contributed by atoms with Crippen molar-refractivity contribution in [3.05, 3.63) is 35.2 Å². The van der Waals surface area contributed by atoms with Crippen molar-refractivity contribution in [1.29, 1.82) is 0 Å². The second-order valence-electron chi connectivity index (χ2n) is 7.41. The van der Waals surface area contributed by atoms with E-state index in [9.17, 15) is 0 Å². The zero-order valence-corrected chi connectivity index (χ0v) is 17.2. The van der Waals surface area contributed by atoms with Crippen molar-refractivity contribution in [2.75, 3.05) is 27.0 Å². The fourth-order valence-electron chi connectivity index (χ4n) is 4.05. The van der Waals surface area contributed by atoms with E-state index in [-0.39, 0.29) is 6.79 Å². The standard InChI is InChI=1S/C20H22N4O4S/c1-12-6-18(28-22-12)20-19(21-23-29-20)13-4-3-5-24(9-13)10-14-7-16-17(27-11-26-16)8-15(14)25-2/h6-8,13H,3-5,9-11H2,1-2H3/t13-/m0/s1. The van der Waals surface area contributed by atoms with E-state index < -0.39 is 0 Å². The van der Waals surface area contributed by atoms with Crippen LogP contribution in [0.15, 0.2) is 22.7 Å². The summed E-state index contributed by atoms with van der Waals surface area (Å²) in [6.07, 6.45) is 2.18. The predicted molar refractivity (Wildman–Crippen MR) is 107 cm³/mol. The number of ether oxygens (including phenoxy) is 3. The van der Waals surface area contributed by atoms with Gasteiger partial charge in [0.05, 0.1) is 18.5 Å². The third-order valence-electron chi connectivity index (χ3n) is 5.43. The number of benzene rings is 1. The molecule has 1 atom stereocenters. The van der Waals surface area contributed by atoms with Crippen molar-refractivity contribution in [2.45, 2.75) is 32.2 Å². The molecule has 4 heterocycles. The van der Waals surface area contributed by atoms with Gasteiger partial charge in [-0.3, -0.25) is 4.90 Å². The van der Waals surface area contributed by atoms with Gasteiger partial charge in [0.25, 0.3) is 0 Å². The number of piperidine rings is 1. The highest BCUT2D eigenvalue weighted by Crippen LogP contribution is 2.40. The highest BCUT2D eigenvalue weighted by molar-refractivity contribution is 7.09. The SMILES string of the molecule is COc1cc2c(cc1CN1CCC[C@H](c3nnsc3-c3cc(C)no3)C1)OCO2. The Kier molecular flexibility index (Phi) is 4.84. The van der Waals surface area contributed by atoms with E-state index >= 15 is 0 Å². The fraction of sp³-hybridized carbons (Fsp3) is 0.450. The molecular weight excluding hydrogens is 392 g/mol. The van der Waals surface area contributed by atoms with Crippen molar-refractivity contribution in [3.8, 4) is 27.9 Å². The summed E-state index contributed by atoms with van der Waals surface area (Å²) in [6, 6.07) is 5.88. The van der Waals surface area contributed by atoms with E-state index in [0.717, 1.165) is 77.3 Å². The maximum atomic E-state index is 5.59. The van der Waals surface area contributed by atoms with E-state index in [4.69, 9.17) is 18.7 Å². The first-order valence-electron chi connectivity index (χ1n) is 9.66. The molecule has 1 aromatic carbocycles. The van der Waals surface area contributed by atoms with Gasteiger partial charge < -0.3 is 18.7 Å². The van der Waals surface area contributed by atoms with E-state index in [1.165, 1.54) is 11.5 Å². The smallest absolute Gasteiger partial charge is 0.231 e. The van der Waals surface area contributed by atoms with Crippen molar-refractivity contribution in [2.24, 2.45) is 0 Å². The lowest BCUT2D eigenvalue weighted by molar-refractivity contribution is 0.173. The zero-order chi connectivity index (χ0) is 19.8. The van der Waals surface area contributed by atoms with Gasteiger partial charge in [-0.25, -0.2) is 0 Å². The molecule has 5 rings (SSSR count). The number of rotatable bonds is 5. The van der Waals surface area contributed by atoms with Crippen LogP contribution in [-0.4, -0.2) is 46.6 Å². The number of likely N-dealkylation sites (tertiary alicyclic amines) is 1. The summed E-state index contributed by atoms with van der Waals surface area (Å²) in [5.74, 6) is 3.40. The molecular formula is C20H22N4O4S. The number of aryl methyl sites for hydroxylation is 1. The van der Waals surface area contributed by atoms with Crippen LogP contribution in [-0.2, 0) is 6.54 Å². The summed E-state index contributed by atoms with van der Waals surface area (Å²) in [4.78, 5) is 3.42. The lowest BCUT2D eigenvalue weighted by Gasteiger charge is -2.32. The first-order chi connectivity index (χ1) is 14.2. The molecule has 0 saturated carbocycles. The van der Waals surface area contributed by atoms with Crippen LogP contribution in [0.2, 0.25) is 0 Å². The van der Waals surface area contributed by atoms with E-state index in [1.54, 1.807) is 7.11 Å². The maximum Gasteiger partial charge on any atom is 0.231 e. The minimum Gasteiger partial charge on any atom is -0.496 e. The largest absolute Gasteiger partial charge is 0.496 e. The van der Waals surface area contributed by atoms with Gasteiger partial charge in [0.1, 0.15) is 10.6 Å². The second kappa shape index (κ2) is 7.64. The highest BCUT2D eigenvalue weighted by Gasteiger charge is 2.29. The number of methoxy groups -OCH3 is 1. The molecule has 29 heavy (non-hydrogen) atoms. The van der Waals surface area contributed by atoms with Gasteiger partial charge in [0.15, 0.2) is 17.3 Å². The van der Waals surface area contributed by atoms with Gasteiger partial charge in [0, 0.05) is 36.7 Å². The summed E-state index contributed by atoms with van der Waals surface area (Å²) >= 11 is 1.37. The molecule has 152 valence electrons. The number of aromatic nitrogens is 3. The Morgan fingerprint density at radius 2 is 2.10 bits per heavy atom. The average molecular weight is 414 g/mol. The normalized spacial score (nSPS) is 18.9. The van der Waals surface area contributed by atoms with Gasteiger partial charge in [-0.2, -0.15) is 0 Å². The molecule has 0 radical (unpaired) electrons. The third-order valence-corrected chi connectivity index (χ3v) is 6.18. The molecule has 0 amide bonds. The quantitative estimate of drug-likeness (QED) is 0.626. The van der Waals surface area contributed by atoms with Crippen LogP contribution in [0.1, 0.15) is 35.7 Å². The van der Waals surface area contributed by atoms with Crippen LogP contribution in [0.3, 0.4) is 0 Å². The summed E-state index contributed by atoms with van der Waals surface area (Å²) in [7, 11) is 1.69. The fourth-order valence-corrected chi connectivity index (χ4v) is 4.75. The summed E-state index contributed by atoms with van der Waals surface area (Å²) in [6.45, 7) is 4.90. The van der Waals surface area contributed by atoms with Crippen molar-refractivity contribution in [1.82, 2.24) is 19.6 Å². The highest BCUT2D eigenvalue weighted by atomic mass is 32.1. The molecule has 1 saturated heterocycles. The van der Waals surface area contributed by atoms with Crippen LogP contribution in [0.25, 0.3) is 10.6 Å². The topological polar surface area (TPSA) is 82.7 Å². The molecule has 2 aromatic heterocycles. The molecule has 0 bridgehead atoms. The van der Waals surface area contributed by atoms with E-state index in [1.807, 2.05) is 25.1 Å². The van der Waals surface area contributed by atoms with Crippen LogP contribution >= 0.6 is 11.5 Å². The van der Waals surface area contributed by atoms with Crippen LogP contribution < -0.4 is 14.2 Å². The summed E-state index contributed by atoms with van der Waals surface area (Å²) < 4.78 is 26.3. The van der Waals surface area contributed by atoms with Crippen molar-refractivity contribution < 1.29 is 18.7 Å². The van der Waals surface area contributed by atoms with Gasteiger partial charge in [-0.15, -0.1) is 5.10 Å². The lowest BCUT2D eigenvalue weighted by atomic mass is 9.93. The zero-order valence-electron chi connectivity index (χ0n) is 16.4. The summed E-state index contributed by atoms with van der Waals surface area (Å²) in [5.41, 5.74) is 2.97. The number of nitrogens with zero attached hydrogens (tertiary/aromatic N) is 4. The minimum atomic E-state index is 0.258.